The fraction of sp³-hybridized carbons (Fsp3) is 0.318. The Labute approximate surface area is 157 Å². The van der Waals surface area contributed by atoms with Gasteiger partial charge in [0.15, 0.2) is 0 Å². The summed E-state index contributed by atoms with van der Waals surface area (Å²) in [7, 11) is 1.72. The van der Waals surface area contributed by atoms with Crippen molar-refractivity contribution in [1.82, 2.24) is 0 Å². The molecule has 5 nitrogen and oxygen atoms in total. The van der Waals surface area contributed by atoms with Gasteiger partial charge in [0.05, 0.1) is 23.1 Å². The van der Waals surface area contributed by atoms with E-state index in [1.165, 1.54) is 17.2 Å². The molecule has 2 heterocycles. The molecule has 0 saturated heterocycles. The summed E-state index contributed by atoms with van der Waals surface area (Å²) in [5.74, 6) is 0.650. The molecule has 0 radical (unpaired) electrons. The molecule has 0 amide bonds. The molecule has 3 aromatic rings. The maximum absolute atomic E-state index is 11.5. The third kappa shape index (κ3) is 4.49. The maximum Gasteiger partial charge on any atom is 0.336 e. The van der Waals surface area contributed by atoms with E-state index in [4.69, 9.17) is 18.3 Å². The largest absolute Gasteiger partial charge is 0.488 e. The van der Waals surface area contributed by atoms with Crippen molar-refractivity contribution < 1.29 is 18.3 Å². The van der Waals surface area contributed by atoms with Crippen LogP contribution in [-0.4, -0.2) is 19.8 Å². The summed E-state index contributed by atoms with van der Waals surface area (Å²) in [6.07, 6.45) is 6.60. The first-order chi connectivity index (χ1) is 13.0. The Kier molecular flexibility index (Phi) is 5.81. The average Bonchev–Trinajstić information content (AvgIpc) is 3.08. The van der Waals surface area contributed by atoms with Gasteiger partial charge in [-0.15, -0.1) is 0 Å². The second-order valence-electron chi connectivity index (χ2n) is 6.79. The van der Waals surface area contributed by atoms with Crippen LogP contribution in [0.15, 0.2) is 67.5 Å². The molecular weight excluding hydrogens is 344 g/mol. The zero-order valence-corrected chi connectivity index (χ0v) is 16.1. The van der Waals surface area contributed by atoms with Gasteiger partial charge in [0.1, 0.15) is 23.5 Å². The zero-order chi connectivity index (χ0) is 19.4. The molecule has 142 valence electrons. The average molecular weight is 368 g/mol. The molecule has 0 N–H and O–H groups in total. The Bertz CT molecular complexity index is 1050. The first kappa shape index (κ1) is 19.0. The SMILES string of the molecule is COC(C=C(C)C)C/C(C)=C/COc1c2ccoc2cc2oc(=O)ccc12. The van der Waals surface area contributed by atoms with Crippen molar-refractivity contribution in [2.24, 2.45) is 0 Å². The maximum atomic E-state index is 11.5. The predicted octanol–water partition coefficient (Wildman–Crippen LogP) is 5.24. The number of benzene rings is 1. The first-order valence-corrected chi connectivity index (χ1v) is 8.88. The van der Waals surface area contributed by atoms with E-state index >= 15 is 0 Å². The van der Waals surface area contributed by atoms with Gasteiger partial charge >= 0.3 is 5.63 Å². The van der Waals surface area contributed by atoms with Crippen molar-refractivity contribution in [2.45, 2.75) is 33.3 Å². The van der Waals surface area contributed by atoms with Crippen LogP contribution in [0.2, 0.25) is 0 Å². The van der Waals surface area contributed by atoms with Crippen LogP contribution in [0.25, 0.3) is 21.9 Å². The summed E-state index contributed by atoms with van der Waals surface area (Å²) in [6, 6.07) is 6.67. The number of ether oxygens (including phenoxy) is 2. The Balaban J connectivity index is 1.82. The van der Waals surface area contributed by atoms with Crippen LogP contribution in [-0.2, 0) is 4.74 Å². The van der Waals surface area contributed by atoms with Crippen molar-refractivity contribution in [3.05, 3.63) is 64.2 Å². The third-order valence-corrected chi connectivity index (χ3v) is 4.31. The number of methoxy groups -OCH3 is 1. The number of hydrogen-bond acceptors (Lipinski definition) is 5. The lowest BCUT2D eigenvalue weighted by molar-refractivity contribution is 0.140. The summed E-state index contributed by atoms with van der Waals surface area (Å²) >= 11 is 0. The van der Waals surface area contributed by atoms with E-state index in [0.717, 1.165) is 17.2 Å². The van der Waals surface area contributed by atoms with Gasteiger partial charge in [-0.1, -0.05) is 17.2 Å². The Hall–Kier alpha value is -2.79. The standard InChI is InChI=1S/C22H24O5/c1-14(2)11-16(24-4)12-15(3)7-9-26-22-17-5-6-21(23)27-20(17)13-19-18(22)8-10-25-19/h5-8,10-11,13,16H,9,12H2,1-4H3/b15-7+. The summed E-state index contributed by atoms with van der Waals surface area (Å²) in [4.78, 5) is 11.5. The highest BCUT2D eigenvalue weighted by Crippen LogP contribution is 2.35. The molecule has 0 aliphatic heterocycles. The number of furan rings is 1. The van der Waals surface area contributed by atoms with E-state index in [-0.39, 0.29) is 6.10 Å². The number of fused-ring (bicyclic) bond motifs is 2. The van der Waals surface area contributed by atoms with Crippen LogP contribution in [0.1, 0.15) is 27.2 Å². The van der Waals surface area contributed by atoms with Crippen molar-refractivity contribution >= 4 is 21.9 Å². The number of hydrogen-bond donors (Lipinski definition) is 0. The van der Waals surface area contributed by atoms with Gasteiger partial charge in [0, 0.05) is 19.2 Å². The van der Waals surface area contributed by atoms with Crippen LogP contribution in [0.4, 0.5) is 0 Å². The van der Waals surface area contributed by atoms with Gasteiger partial charge in [-0.3, -0.25) is 0 Å². The molecule has 0 saturated carbocycles. The molecule has 1 aromatic carbocycles. The van der Waals surface area contributed by atoms with Crippen LogP contribution in [0.3, 0.4) is 0 Å². The second-order valence-corrected chi connectivity index (χ2v) is 6.79. The van der Waals surface area contributed by atoms with E-state index in [0.29, 0.717) is 23.5 Å². The van der Waals surface area contributed by atoms with E-state index in [1.807, 2.05) is 12.1 Å². The molecule has 0 bridgehead atoms. The quantitative estimate of drug-likeness (QED) is 0.422. The minimum atomic E-state index is -0.403. The zero-order valence-electron chi connectivity index (χ0n) is 16.1. The van der Waals surface area contributed by atoms with Crippen LogP contribution in [0.5, 0.6) is 5.75 Å². The molecule has 0 fully saturated rings. The Morgan fingerprint density at radius 2 is 1.93 bits per heavy atom. The fourth-order valence-electron chi connectivity index (χ4n) is 3.02. The summed E-state index contributed by atoms with van der Waals surface area (Å²) in [5, 5.41) is 1.59. The molecule has 3 rings (SSSR count). The summed E-state index contributed by atoms with van der Waals surface area (Å²) in [6.45, 7) is 6.58. The lowest BCUT2D eigenvalue weighted by Crippen LogP contribution is -2.08. The lowest BCUT2D eigenvalue weighted by atomic mass is 10.1. The van der Waals surface area contributed by atoms with Crippen molar-refractivity contribution in [1.29, 1.82) is 0 Å². The van der Waals surface area contributed by atoms with Crippen LogP contribution in [0, 0.1) is 0 Å². The van der Waals surface area contributed by atoms with Gasteiger partial charge in [0.2, 0.25) is 0 Å². The summed E-state index contributed by atoms with van der Waals surface area (Å²) in [5.41, 5.74) is 3.07. The topological polar surface area (TPSA) is 61.8 Å². The van der Waals surface area contributed by atoms with E-state index in [1.54, 1.807) is 25.5 Å². The smallest absolute Gasteiger partial charge is 0.336 e. The number of rotatable bonds is 7. The summed E-state index contributed by atoms with van der Waals surface area (Å²) < 4.78 is 22.3. The highest BCUT2D eigenvalue weighted by molar-refractivity contribution is 6.01. The molecule has 1 atom stereocenters. The molecule has 0 aliphatic rings. The monoisotopic (exact) mass is 368 g/mol. The van der Waals surface area contributed by atoms with E-state index < -0.39 is 5.63 Å². The van der Waals surface area contributed by atoms with E-state index in [9.17, 15) is 4.79 Å². The van der Waals surface area contributed by atoms with Gasteiger partial charge in [0.25, 0.3) is 0 Å². The first-order valence-electron chi connectivity index (χ1n) is 8.88. The van der Waals surface area contributed by atoms with Crippen molar-refractivity contribution in [2.75, 3.05) is 13.7 Å². The van der Waals surface area contributed by atoms with Crippen LogP contribution < -0.4 is 10.4 Å². The third-order valence-electron chi connectivity index (χ3n) is 4.31. The molecule has 1 unspecified atom stereocenters. The minimum Gasteiger partial charge on any atom is -0.488 e. The molecule has 0 aliphatic carbocycles. The normalized spacial score (nSPS) is 13.1. The Morgan fingerprint density at radius 3 is 2.67 bits per heavy atom. The van der Waals surface area contributed by atoms with Gasteiger partial charge < -0.3 is 18.3 Å². The Morgan fingerprint density at radius 1 is 1.15 bits per heavy atom. The van der Waals surface area contributed by atoms with E-state index in [2.05, 4.69) is 26.8 Å². The fourth-order valence-corrected chi connectivity index (χ4v) is 3.02. The molecular formula is C22H24O5. The highest BCUT2D eigenvalue weighted by Gasteiger charge is 2.13. The molecule has 0 spiro atoms. The molecule has 27 heavy (non-hydrogen) atoms. The van der Waals surface area contributed by atoms with Gasteiger partial charge in [-0.05, 0) is 45.4 Å². The predicted molar refractivity (Wildman–Crippen MR) is 106 cm³/mol. The van der Waals surface area contributed by atoms with Gasteiger partial charge in [-0.2, -0.15) is 0 Å². The molecule has 2 aromatic heterocycles. The minimum absolute atomic E-state index is 0.0543. The second kappa shape index (κ2) is 8.27. The van der Waals surface area contributed by atoms with Crippen LogP contribution >= 0.6 is 0 Å². The van der Waals surface area contributed by atoms with Crippen molar-refractivity contribution in [3.63, 3.8) is 0 Å². The van der Waals surface area contributed by atoms with Gasteiger partial charge in [-0.25, -0.2) is 4.79 Å². The van der Waals surface area contributed by atoms with Crippen molar-refractivity contribution in [3.8, 4) is 5.75 Å². The molecule has 5 heteroatoms. The highest BCUT2D eigenvalue weighted by atomic mass is 16.5. The lowest BCUT2D eigenvalue weighted by Gasteiger charge is -2.13. The number of allylic oxidation sites excluding steroid dienone is 1.